The summed E-state index contributed by atoms with van der Waals surface area (Å²) in [5.41, 5.74) is 8.90. The van der Waals surface area contributed by atoms with E-state index < -0.39 is 0 Å². The van der Waals surface area contributed by atoms with Crippen molar-refractivity contribution in [3.63, 3.8) is 0 Å². The molecule has 26 heavy (non-hydrogen) atoms. The van der Waals surface area contributed by atoms with Crippen molar-refractivity contribution in [2.45, 2.75) is 6.54 Å². The number of anilines is 1. The van der Waals surface area contributed by atoms with Crippen LogP contribution in [0.5, 0.6) is 11.5 Å². The van der Waals surface area contributed by atoms with Crippen molar-refractivity contribution in [2.75, 3.05) is 20.0 Å². The molecule has 0 saturated heterocycles. The predicted octanol–water partition coefficient (Wildman–Crippen LogP) is 3.34. The lowest BCUT2D eigenvalue weighted by Gasteiger charge is -2.06. The second-order valence-corrected chi connectivity index (χ2v) is 6.31. The van der Waals surface area contributed by atoms with Gasteiger partial charge in [0.05, 0.1) is 19.9 Å². The van der Waals surface area contributed by atoms with Gasteiger partial charge in [0.15, 0.2) is 0 Å². The highest BCUT2D eigenvalue weighted by Crippen LogP contribution is 2.32. The number of nitrogens with zero attached hydrogens (tertiary/aromatic N) is 1. The van der Waals surface area contributed by atoms with E-state index in [-0.39, 0.29) is 5.91 Å². The van der Waals surface area contributed by atoms with Crippen molar-refractivity contribution in [1.29, 1.82) is 0 Å². The van der Waals surface area contributed by atoms with Crippen LogP contribution < -0.4 is 20.5 Å². The zero-order valence-corrected chi connectivity index (χ0v) is 15.3. The van der Waals surface area contributed by atoms with E-state index in [1.165, 1.54) is 0 Å². The number of carbonyl (C=O) groups is 1. The van der Waals surface area contributed by atoms with Crippen LogP contribution in [0.25, 0.3) is 11.3 Å². The van der Waals surface area contributed by atoms with E-state index in [2.05, 4.69) is 9.69 Å². The van der Waals surface area contributed by atoms with Gasteiger partial charge >= 0.3 is 0 Å². The fourth-order valence-corrected chi connectivity index (χ4v) is 3.18. The Morgan fingerprint density at radius 3 is 2.54 bits per heavy atom. The van der Waals surface area contributed by atoms with Gasteiger partial charge in [-0.25, -0.2) is 0 Å². The van der Waals surface area contributed by atoms with Crippen LogP contribution in [-0.2, 0) is 6.54 Å². The Kier molecular flexibility index (Phi) is 5.38. The smallest absolute Gasteiger partial charge is 0.265 e. The Morgan fingerprint density at radius 1 is 1.12 bits per heavy atom. The quantitative estimate of drug-likeness (QED) is 0.696. The molecule has 0 unspecified atom stereocenters. The van der Waals surface area contributed by atoms with Gasteiger partial charge in [0.25, 0.3) is 5.91 Å². The van der Waals surface area contributed by atoms with Crippen molar-refractivity contribution >= 4 is 23.1 Å². The summed E-state index contributed by atoms with van der Waals surface area (Å²) in [7, 11) is 3.21. The van der Waals surface area contributed by atoms with E-state index in [1.807, 2.05) is 48.5 Å². The standard InChI is InChI=1S/C19H19N3O3S/c1-24-14-8-6-12(7-9-14)11-21-19(23)18-16(20)17(22-26-18)13-4-3-5-15(10-13)25-2/h3-10H,11,20H2,1-2H3,(H,21,23). The number of nitrogens with one attached hydrogen (secondary N) is 1. The lowest BCUT2D eigenvalue weighted by atomic mass is 10.1. The maximum atomic E-state index is 12.5. The van der Waals surface area contributed by atoms with Crippen LogP contribution in [0.1, 0.15) is 15.2 Å². The lowest BCUT2D eigenvalue weighted by molar-refractivity contribution is 0.0956. The molecule has 0 saturated carbocycles. The third-order valence-electron chi connectivity index (χ3n) is 3.89. The number of amides is 1. The molecule has 0 aliphatic carbocycles. The minimum absolute atomic E-state index is 0.245. The molecule has 0 bridgehead atoms. The molecule has 3 aromatic rings. The number of rotatable bonds is 6. The number of aromatic nitrogens is 1. The van der Waals surface area contributed by atoms with Gasteiger partial charge in [0.2, 0.25) is 0 Å². The summed E-state index contributed by atoms with van der Waals surface area (Å²) in [6.45, 7) is 0.397. The molecule has 0 aliphatic heterocycles. The number of nitrogen functional groups attached to an aromatic ring is 1. The summed E-state index contributed by atoms with van der Waals surface area (Å²) in [4.78, 5) is 12.9. The van der Waals surface area contributed by atoms with Crippen molar-refractivity contribution in [3.05, 3.63) is 59.0 Å². The number of carbonyl (C=O) groups excluding carboxylic acids is 1. The van der Waals surface area contributed by atoms with Crippen LogP contribution in [0, 0.1) is 0 Å². The minimum atomic E-state index is -0.245. The van der Waals surface area contributed by atoms with E-state index in [0.717, 1.165) is 28.4 Å². The maximum Gasteiger partial charge on any atom is 0.265 e. The SMILES string of the molecule is COc1ccc(CNC(=O)c2snc(-c3cccc(OC)c3)c2N)cc1. The molecule has 3 N–H and O–H groups in total. The van der Waals surface area contributed by atoms with Crippen LogP contribution in [0.2, 0.25) is 0 Å². The van der Waals surface area contributed by atoms with Gasteiger partial charge in [-0.05, 0) is 41.4 Å². The predicted molar refractivity (Wildman–Crippen MR) is 103 cm³/mol. The monoisotopic (exact) mass is 369 g/mol. The summed E-state index contributed by atoms with van der Waals surface area (Å²) >= 11 is 1.09. The first-order valence-corrected chi connectivity index (χ1v) is 8.70. The molecule has 1 amide bonds. The highest BCUT2D eigenvalue weighted by Gasteiger charge is 2.18. The van der Waals surface area contributed by atoms with Gasteiger partial charge in [-0.2, -0.15) is 4.37 Å². The molecule has 3 rings (SSSR count). The van der Waals surface area contributed by atoms with Crippen LogP contribution in [-0.4, -0.2) is 24.5 Å². The molecule has 0 aliphatic rings. The Balaban J connectivity index is 1.72. The molecule has 134 valence electrons. The summed E-state index contributed by atoms with van der Waals surface area (Å²) in [6.07, 6.45) is 0. The third-order valence-corrected chi connectivity index (χ3v) is 4.75. The zero-order valence-electron chi connectivity index (χ0n) is 14.5. The van der Waals surface area contributed by atoms with Gasteiger partial charge < -0.3 is 20.5 Å². The van der Waals surface area contributed by atoms with E-state index in [4.69, 9.17) is 15.2 Å². The molecular formula is C19H19N3O3S. The number of hydrogen-bond acceptors (Lipinski definition) is 6. The fourth-order valence-electron chi connectivity index (χ4n) is 2.45. The Bertz CT molecular complexity index is 907. The van der Waals surface area contributed by atoms with Gasteiger partial charge in [0.1, 0.15) is 22.1 Å². The molecule has 1 heterocycles. The van der Waals surface area contributed by atoms with Crippen molar-refractivity contribution in [2.24, 2.45) is 0 Å². The summed E-state index contributed by atoms with van der Waals surface area (Å²) in [5.74, 6) is 1.24. The molecule has 6 nitrogen and oxygen atoms in total. The van der Waals surface area contributed by atoms with Gasteiger partial charge in [-0.1, -0.05) is 24.3 Å². The zero-order chi connectivity index (χ0) is 18.5. The van der Waals surface area contributed by atoms with Gasteiger partial charge in [0, 0.05) is 12.1 Å². The van der Waals surface area contributed by atoms with Crippen molar-refractivity contribution in [3.8, 4) is 22.8 Å². The second-order valence-electron chi connectivity index (χ2n) is 5.54. The second kappa shape index (κ2) is 7.88. The summed E-state index contributed by atoms with van der Waals surface area (Å²) < 4.78 is 14.7. The summed E-state index contributed by atoms with van der Waals surface area (Å²) in [5, 5.41) is 2.87. The first-order valence-electron chi connectivity index (χ1n) is 7.93. The molecule has 0 radical (unpaired) electrons. The molecule has 0 atom stereocenters. The molecule has 2 aromatic carbocycles. The van der Waals surface area contributed by atoms with Crippen LogP contribution >= 0.6 is 11.5 Å². The number of hydrogen-bond donors (Lipinski definition) is 2. The number of nitrogens with two attached hydrogens (primary N) is 1. The first kappa shape index (κ1) is 17.8. The number of benzene rings is 2. The molecule has 7 heteroatoms. The highest BCUT2D eigenvalue weighted by molar-refractivity contribution is 7.09. The average molecular weight is 369 g/mol. The average Bonchev–Trinajstić information content (AvgIpc) is 3.08. The van der Waals surface area contributed by atoms with Crippen LogP contribution in [0.4, 0.5) is 5.69 Å². The van der Waals surface area contributed by atoms with Crippen molar-refractivity contribution in [1.82, 2.24) is 9.69 Å². The largest absolute Gasteiger partial charge is 0.497 e. The maximum absolute atomic E-state index is 12.5. The normalized spacial score (nSPS) is 10.4. The minimum Gasteiger partial charge on any atom is -0.497 e. The molecule has 1 aromatic heterocycles. The van der Waals surface area contributed by atoms with E-state index in [9.17, 15) is 4.79 Å². The van der Waals surface area contributed by atoms with E-state index in [0.29, 0.717) is 28.6 Å². The Hall–Kier alpha value is -3.06. The number of methoxy groups -OCH3 is 2. The van der Waals surface area contributed by atoms with Gasteiger partial charge in [-0.15, -0.1) is 0 Å². The van der Waals surface area contributed by atoms with Crippen LogP contribution in [0.3, 0.4) is 0 Å². The number of ether oxygens (including phenoxy) is 2. The topological polar surface area (TPSA) is 86.5 Å². The molecule has 0 spiro atoms. The van der Waals surface area contributed by atoms with Crippen molar-refractivity contribution < 1.29 is 14.3 Å². The van der Waals surface area contributed by atoms with E-state index >= 15 is 0 Å². The molecular weight excluding hydrogens is 350 g/mol. The highest BCUT2D eigenvalue weighted by atomic mass is 32.1. The van der Waals surface area contributed by atoms with E-state index in [1.54, 1.807) is 14.2 Å². The lowest BCUT2D eigenvalue weighted by Crippen LogP contribution is -2.22. The summed E-state index contributed by atoms with van der Waals surface area (Å²) in [6, 6.07) is 14.9. The third kappa shape index (κ3) is 3.78. The van der Waals surface area contributed by atoms with Crippen LogP contribution in [0.15, 0.2) is 48.5 Å². The molecule has 0 fully saturated rings. The van der Waals surface area contributed by atoms with Gasteiger partial charge in [-0.3, -0.25) is 4.79 Å². The fraction of sp³-hybridized carbons (Fsp3) is 0.158. The Morgan fingerprint density at radius 2 is 1.85 bits per heavy atom. The Labute approximate surface area is 155 Å². The first-order chi connectivity index (χ1) is 12.6.